The van der Waals surface area contributed by atoms with Crippen LogP contribution in [0.25, 0.3) is 44.5 Å². The normalized spacial score (nSPS) is 13.0. The molecule has 8 aromatic carbocycles. The molecule has 1 spiro atoms. The van der Waals surface area contributed by atoms with Crippen molar-refractivity contribution in [1.29, 1.82) is 0 Å². The first-order valence-electron chi connectivity index (χ1n) is 17.4. The fraction of sp³-hybridized carbons (Fsp3) is 0.0204. The van der Waals surface area contributed by atoms with Crippen molar-refractivity contribution in [2.45, 2.75) is 5.41 Å². The summed E-state index contributed by atoms with van der Waals surface area (Å²) in [6, 6.07) is 73.4. The van der Waals surface area contributed by atoms with E-state index in [1.807, 2.05) is 0 Å². The third-order valence-corrected chi connectivity index (χ3v) is 10.7. The van der Waals surface area contributed by atoms with Gasteiger partial charge in [0.25, 0.3) is 0 Å². The molecule has 10 rings (SSSR count). The second kappa shape index (κ2) is 11.3. The van der Waals surface area contributed by atoms with E-state index in [-0.39, 0.29) is 0 Å². The van der Waals surface area contributed by atoms with Crippen molar-refractivity contribution in [3.05, 3.63) is 222 Å². The molecule has 50 heavy (non-hydrogen) atoms. The van der Waals surface area contributed by atoms with Crippen LogP contribution in [0.3, 0.4) is 0 Å². The quantitative estimate of drug-likeness (QED) is 0.182. The van der Waals surface area contributed by atoms with Gasteiger partial charge in [-0.05, 0) is 91.5 Å². The van der Waals surface area contributed by atoms with Crippen LogP contribution in [-0.2, 0) is 5.41 Å². The predicted molar refractivity (Wildman–Crippen MR) is 208 cm³/mol. The van der Waals surface area contributed by atoms with Crippen molar-refractivity contribution in [2.24, 2.45) is 0 Å². The predicted octanol–water partition coefficient (Wildman–Crippen LogP) is 12.8. The van der Waals surface area contributed by atoms with Crippen LogP contribution in [0.1, 0.15) is 22.3 Å². The first-order valence-corrected chi connectivity index (χ1v) is 17.4. The van der Waals surface area contributed by atoms with E-state index in [0.717, 1.165) is 17.1 Å². The number of hydrogen-bond acceptors (Lipinski definition) is 1. The zero-order chi connectivity index (χ0) is 33.1. The molecule has 0 unspecified atom stereocenters. The molecule has 0 atom stereocenters. The Labute approximate surface area is 293 Å². The zero-order valence-electron chi connectivity index (χ0n) is 27.5. The number of fused-ring (bicyclic) bond motifs is 10. The van der Waals surface area contributed by atoms with Crippen molar-refractivity contribution in [2.75, 3.05) is 4.90 Å². The molecule has 0 fully saturated rings. The van der Waals surface area contributed by atoms with Crippen molar-refractivity contribution < 1.29 is 0 Å². The van der Waals surface area contributed by atoms with E-state index in [1.165, 1.54) is 66.8 Å². The molecule has 0 aromatic heterocycles. The molecule has 0 saturated carbocycles. The molecule has 1 heteroatoms. The van der Waals surface area contributed by atoms with Gasteiger partial charge in [-0.1, -0.05) is 170 Å². The molecule has 0 radical (unpaired) electrons. The fourth-order valence-corrected chi connectivity index (χ4v) is 8.63. The molecule has 0 N–H and O–H groups in total. The van der Waals surface area contributed by atoms with E-state index < -0.39 is 5.41 Å². The number of rotatable bonds is 5. The van der Waals surface area contributed by atoms with Gasteiger partial charge < -0.3 is 4.90 Å². The summed E-state index contributed by atoms with van der Waals surface area (Å²) in [6.07, 6.45) is 0. The smallest absolute Gasteiger partial charge is 0.0726 e. The summed E-state index contributed by atoms with van der Waals surface area (Å²) < 4.78 is 0. The Bertz CT molecular complexity index is 2480. The Balaban J connectivity index is 1.26. The lowest BCUT2D eigenvalue weighted by molar-refractivity contribution is 0.793. The highest BCUT2D eigenvalue weighted by atomic mass is 15.1. The maximum atomic E-state index is 2.48. The van der Waals surface area contributed by atoms with Crippen LogP contribution in [0.15, 0.2) is 200 Å². The lowest BCUT2D eigenvalue weighted by atomic mass is 9.70. The minimum absolute atomic E-state index is 0.411. The third kappa shape index (κ3) is 4.14. The Morgan fingerprint density at radius 2 is 0.740 bits per heavy atom. The second-order valence-corrected chi connectivity index (χ2v) is 13.3. The summed E-state index contributed by atoms with van der Waals surface area (Å²) in [5.41, 5.74) is 18.4. The van der Waals surface area contributed by atoms with Gasteiger partial charge in [0.2, 0.25) is 0 Å². The third-order valence-electron chi connectivity index (χ3n) is 10.7. The fourth-order valence-electron chi connectivity index (χ4n) is 8.63. The van der Waals surface area contributed by atoms with Gasteiger partial charge in [-0.15, -0.1) is 0 Å². The highest BCUT2D eigenvalue weighted by Crippen LogP contribution is 2.63. The van der Waals surface area contributed by atoms with Crippen molar-refractivity contribution >= 4 is 17.1 Å². The lowest BCUT2D eigenvalue weighted by Gasteiger charge is -2.33. The summed E-state index contributed by atoms with van der Waals surface area (Å²) >= 11 is 0. The van der Waals surface area contributed by atoms with Gasteiger partial charge in [0.05, 0.1) is 11.1 Å². The van der Waals surface area contributed by atoms with E-state index in [0.29, 0.717) is 0 Å². The molecular weight excluding hydrogens is 603 g/mol. The molecule has 8 aromatic rings. The van der Waals surface area contributed by atoms with E-state index in [9.17, 15) is 0 Å². The number of nitrogens with zero attached hydrogens (tertiary/aromatic N) is 1. The SMILES string of the molecule is c1ccc(-c2cccc(N(c3ccc4c(c3)C3(c5ccccc5-c5ccccc53)c3ccccc3-4)c3ccccc3-c3ccccc3)c2)cc1. The summed E-state index contributed by atoms with van der Waals surface area (Å²) in [6.45, 7) is 0. The highest BCUT2D eigenvalue weighted by molar-refractivity contribution is 5.97. The zero-order valence-corrected chi connectivity index (χ0v) is 27.5. The Hall–Kier alpha value is -6.44. The number of hydrogen-bond donors (Lipinski definition) is 0. The molecule has 2 aliphatic rings. The Morgan fingerprint density at radius 3 is 1.36 bits per heavy atom. The summed E-state index contributed by atoms with van der Waals surface area (Å²) in [7, 11) is 0. The highest BCUT2D eigenvalue weighted by Gasteiger charge is 2.51. The largest absolute Gasteiger partial charge is 0.310 e. The van der Waals surface area contributed by atoms with Crippen LogP contribution in [0, 0.1) is 0 Å². The van der Waals surface area contributed by atoms with E-state index in [1.54, 1.807) is 0 Å². The minimum Gasteiger partial charge on any atom is -0.310 e. The van der Waals surface area contributed by atoms with Crippen molar-refractivity contribution in [3.8, 4) is 44.5 Å². The molecule has 2 aliphatic carbocycles. The van der Waals surface area contributed by atoms with Crippen molar-refractivity contribution in [1.82, 2.24) is 0 Å². The van der Waals surface area contributed by atoms with Crippen LogP contribution in [0.5, 0.6) is 0 Å². The average molecular weight is 636 g/mol. The van der Waals surface area contributed by atoms with Gasteiger partial charge >= 0.3 is 0 Å². The Kier molecular flexibility index (Phi) is 6.47. The van der Waals surface area contributed by atoms with Crippen molar-refractivity contribution in [3.63, 3.8) is 0 Å². The van der Waals surface area contributed by atoms with E-state index >= 15 is 0 Å². The van der Waals surface area contributed by atoms with Gasteiger partial charge in [-0.25, -0.2) is 0 Å². The molecule has 0 amide bonds. The summed E-state index contributed by atoms with van der Waals surface area (Å²) in [4.78, 5) is 2.46. The molecule has 0 aliphatic heterocycles. The standard InChI is InChI=1S/C49H33N/c1-3-16-34(17-4-1)36-20-15-21-37(32-36)50(48-29-14-10-22-39(48)35-18-5-2-6-19-35)38-30-31-43-42-25-9-13-28-46(42)49(47(43)33-38)44-26-11-7-23-40(44)41-24-8-12-27-45(41)49/h1-33H. The summed E-state index contributed by atoms with van der Waals surface area (Å²) in [5.74, 6) is 0. The monoisotopic (exact) mass is 635 g/mol. The molecule has 0 saturated heterocycles. The van der Waals surface area contributed by atoms with Gasteiger partial charge in [0.15, 0.2) is 0 Å². The number of benzene rings is 8. The van der Waals surface area contributed by atoms with E-state index in [4.69, 9.17) is 0 Å². The van der Waals surface area contributed by atoms with Gasteiger partial charge in [0.1, 0.15) is 0 Å². The maximum Gasteiger partial charge on any atom is 0.0726 e. The van der Waals surface area contributed by atoms with Gasteiger partial charge in [0, 0.05) is 16.9 Å². The van der Waals surface area contributed by atoms with Gasteiger partial charge in [-0.2, -0.15) is 0 Å². The minimum atomic E-state index is -0.411. The first-order chi connectivity index (χ1) is 24.8. The maximum absolute atomic E-state index is 2.48. The van der Waals surface area contributed by atoms with Crippen LogP contribution in [-0.4, -0.2) is 0 Å². The molecule has 234 valence electrons. The molecule has 0 heterocycles. The van der Waals surface area contributed by atoms with Crippen LogP contribution < -0.4 is 4.90 Å². The number of para-hydroxylation sites is 1. The first kappa shape index (κ1) is 28.6. The molecular formula is C49H33N. The van der Waals surface area contributed by atoms with Crippen LogP contribution in [0.2, 0.25) is 0 Å². The number of anilines is 3. The topological polar surface area (TPSA) is 3.24 Å². The van der Waals surface area contributed by atoms with Crippen LogP contribution >= 0.6 is 0 Å². The lowest BCUT2D eigenvalue weighted by Crippen LogP contribution is -2.26. The van der Waals surface area contributed by atoms with Crippen LogP contribution in [0.4, 0.5) is 17.1 Å². The second-order valence-electron chi connectivity index (χ2n) is 13.3. The molecule has 1 nitrogen and oxygen atoms in total. The van der Waals surface area contributed by atoms with E-state index in [2.05, 4.69) is 205 Å². The average Bonchev–Trinajstić information content (AvgIpc) is 3.66. The van der Waals surface area contributed by atoms with Gasteiger partial charge in [-0.3, -0.25) is 0 Å². The molecule has 0 bridgehead atoms. The summed E-state index contributed by atoms with van der Waals surface area (Å²) in [5, 5.41) is 0. The Morgan fingerprint density at radius 1 is 0.280 bits per heavy atom.